The Morgan fingerprint density at radius 1 is 1.08 bits per heavy atom. The topological polar surface area (TPSA) is 47.6 Å². The van der Waals surface area contributed by atoms with Gasteiger partial charge < -0.3 is 14.8 Å². The molecule has 0 heterocycles. The number of hydrogen-bond acceptors (Lipinski definition) is 3. The molecule has 4 nitrogen and oxygen atoms in total. The van der Waals surface area contributed by atoms with Crippen LogP contribution in [-0.4, -0.2) is 19.1 Å². The lowest BCUT2D eigenvalue weighted by Gasteiger charge is -2.19. The Bertz CT molecular complexity index is 727. The summed E-state index contributed by atoms with van der Waals surface area (Å²) < 4.78 is 11.1. The Labute approximate surface area is 142 Å². The molecule has 2 aromatic rings. The summed E-state index contributed by atoms with van der Waals surface area (Å²) in [6.07, 6.45) is 4.12. The standard InChI is InChI=1S/C20H23NO3/c1-14(20(22)21-18-9-5-6-10-19(18)23-2)24-17-12-11-15-7-3-4-8-16(15)13-17/h5-6,9-14H,3-4,7-8H2,1-2H3,(H,21,22). The fourth-order valence-corrected chi connectivity index (χ4v) is 3.02. The molecule has 1 aliphatic rings. The molecule has 0 bridgehead atoms. The molecule has 3 rings (SSSR count). The second-order valence-electron chi connectivity index (χ2n) is 6.09. The molecule has 0 fully saturated rings. The van der Waals surface area contributed by atoms with Crippen molar-refractivity contribution >= 4 is 11.6 Å². The summed E-state index contributed by atoms with van der Waals surface area (Å²) in [5.74, 6) is 1.18. The van der Waals surface area contributed by atoms with Gasteiger partial charge in [-0.2, -0.15) is 0 Å². The number of anilines is 1. The smallest absolute Gasteiger partial charge is 0.265 e. The third kappa shape index (κ3) is 3.70. The van der Waals surface area contributed by atoms with Gasteiger partial charge in [-0.05, 0) is 68.0 Å². The Hall–Kier alpha value is -2.49. The predicted octanol–water partition coefficient (Wildman–Crippen LogP) is 3.98. The summed E-state index contributed by atoms with van der Waals surface area (Å²) in [7, 11) is 1.58. The summed E-state index contributed by atoms with van der Waals surface area (Å²) in [5.41, 5.74) is 3.39. The van der Waals surface area contributed by atoms with Gasteiger partial charge in [-0.25, -0.2) is 0 Å². The number of fused-ring (bicyclic) bond motifs is 1. The van der Waals surface area contributed by atoms with E-state index in [1.165, 1.54) is 24.0 Å². The van der Waals surface area contributed by atoms with E-state index in [2.05, 4.69) is 17.4 Å². The second-order valence-corrected chi connectivity index (χ2v) is 6.09. The van der Waals surface area contributed by atoms with Gasteiger partial charge in [0.2, 0.25) is 0 Å². The zero-order chi connectivity index (χ0) is 16.9. The van der Waals surface area contributed by atoms with Crippen molar-refractivity contribution in [3.8, 4) is 11.5 Å². The Morgan fingerprint density at radius 3 is 2.62 bits per heavy atom. The highest BCUT2D eigenvalue weighted by Gasteiger charge is 2.17. The average molecular weight is 325 g/mol. The highest BCUT2D eigenvalue weighted by molar-refractivity contribution is 5.95. The molecule has 4 heteroatoms. The van der Waals surface area contributed by atoms with E-state index in [9.17, 15) is 4.79 Å². The molecule has 0 saturated heterocycles. The van der Waals surface area contributed by atoms with E-state index in [1.54, 1.807) is 14.0 Å². The highest BCUT2D eigenvalue weighted by atomic mass is 16.5. The summed E-state index contributed by atoms with van der Waals surface area (Å²) in [4.78, 5) is 12.4. The van der Waals surface area contributed by atoms with Crippen LogP contribution in [0.25, 0.3) is 0 Å². The molecule has 0 radical (unpaired) electrons. The van der Waals surface area contributed by atoms with E-state index < -0.39 is 6.10 Å². The number of para-hydroxylation sites is 2. The quantitative estimate of drug-likeness (QED) is 0.904. The molecule has 0 saturated carbocycles. The Balaban J connectivity index is 1.66. The van der Waals surface area contributed by atoms with Crippen LogP contribution in [0.3, 0.4) is 0 Å². The number of ether oxygens (including phenoxy) is 2. The third-order valence-electron chi connectivity index (χ3n) is 4.37. The molecule has 126 valence electrons. The van der Waals surface area contributed by atoms with E-state index in [-0.39, 0.29) is 5.91 Å². The van der Waals surface area contributed by atoms with Crippen LogP contribution in [0.5, 0.6) is 11.5 Å². The maximum atomic E-state index is 12.4. The second kappa shape index (κ2) is 7.39. The zero-order valence-electron chi connectivity index (χ0n) is 14.2. The number of amides is 1. The third-order valence-corrected chi connectivity index (χ3v) is 4.37. The molecular formula is C20H23NO3. The minimum atomic E-state index is -0.587. The van der Waals surface area contributed by atoms with Crippen molar-refractivity contribution in [3.63, 3.8) is 0 Å². The van der Waals surface area contributed by atoms with Gasteiger partial charge in [0.15, 0.2) is 6.10 Å². The minimum Gasteiger partial charge on any atom is -0.495 e. The monoisotopic (exact) mass is 325 g/mol. The lowest BCUT2D eigenvalue weighted by atomic mass is 9.92. The summed E-state index contributed by atoms with van der Waals surface area (Å²) in [6, 6.07) is 13.5. The van der Waals surface area contributed by atoms with Gasteiger partial charge in [0.05, 0.1) is 12.8 Å². The summed E-state index contributed by atoms with van der Waals surface area (Å²) >= 11 is 0. The largest absolute Gasteiger partial charge is 0.495 e. The predicted molar refractivity (Wildman–Crippen MR) is 94.8 cm³/mol. The summed E-state index contributed by atoms with van der Waals surface area (Å²) in [5, 5.41) is 2.85. The van der Waals surface area contributed by atoms with Crippen molar-refractivity contribution in [1.82, 2.24) is 0 Å². The van der Waals surface area contributed by atoms with E-state index in [0.717, 1.165) is 18.6 Å². The van der Waals surface area contributed by atoms with E-state index in [1.807, 2.05) is 30.3 Å². The van der Waals surface area contributed by atoms with Crippen LogP contribution >= 0.6 is 0 Å². The molecule has 1 atom stereocenters. The average Bonchev–Trinajstić information content (AvgIpc) is 2.62. The Morgan fingerprint density at radius 2 is 1.83 bits per heavy atom. The fraction of sp³-hybridized carbons (Fsp3) is 0.350. The van der Waals surface area contributed by atoms with Crippen LogP contribution in [-0.2, 0) is 17.6 Å². The molecule has 0 spiro atoms. The zero-order valence-corrected chi connectivity index (χ0v) is 14.2. The van der Waals surface area contributed by atoms with Crippen LogP contribution in [0.15, 0.2) is 42.5 Å². The maximum absolute atomic E-state index is 12.4. The van der Waals surface area contributed by atoms with Crippen molar-refractivity contribution in [1.29, 1.82) is 0 Å². The molecule has 1 N–H and O–H groups in total. The van der Waals surface area contributed by atoms with Gasteiger partial charge in [0.1, 0.15) is 11.5 Å². The molecular weight excluding hydrogens is 302 g/mol. The molecule has 2 aromatic carbocycles. The molecule has 0 aromatic heterocycles. The van der Waals surface area contributed by atoms with Crippen molar-refractivity contribution in [2.45, 2.75) is 38.7 Å². The number of nitrogens with one attached hydrogen (secondary N) is 1. The van der Waals surface area contributed by atoms with Gasteiger partial charge in [-0.15, -0.1) is 0 Å². The summed E-state index contributed by atoms with van der Waals surface area (Å²) in [6.45, 7) is 1.75. The molecule has 1 aliphatic carbocycles. The first kappa shape index (κ1) is 16.4. The number of carbonyl (C=O) groups is 1. The van der Waals surface area contributed by atoms with Crippen LogP contribution in [0.2, 0.25) is 0 Å². The van der Waals surface area contributed by atoms with Crippen LogP contribution in [0.4, 0.5) is 5.69 Å². The maximum Gasteiger partial charge on any atom is 0.265 e. The molecule has 0 aliphatic heterocycles. The SMILES string of the molecule is COc1ccccc1NC(=O)C(C)Oc1ccc2c(c1)CCCC2. The lowest BCUT2D eigenvalue weighted by molar-refractivity contribution is -0.122. The lowest BCUT2D eigenvalue weighted by Crippen LogP contribution is -2.30. The van der Waals surface area contributed by atoms with Crippen molar-refractivity contribution in [2.75, 3.05) is 12.4 Å². The minimum absolute atomic E-state index is 0.197. The van der Waals surface area contributed by atoms with Crippen LogP contribution in [0.1, 0.15) is 30.9 Å². The van der Waals surface area contributed by atoms with Gasteiger partial charge in [0.25, 0.3) is 5.91 Å². The van der Waals surface area contributed by atoms with Gasteiger partial charge in [-0.3, -0.25) is 4.79 Å². The molecule has 1 amide bonds. The number of benzene rings is 2. The van der Waals surface area contributed by atoms with E-state index in [4.69, 9.17) is 9.47 Å². The van der Waals surface area contributed by atoms with Crippen LogP contribution < -0.4 is 14.8 Å². The number of rotatable bonds is 5. The normalized spacial score (nSPS) is 14.4. The van der Waals surface area contributed by atoms with E-state index in [0.29, 0.717) is 11.4 Å². The first-order valence-electron chi connectivity index (χ1n) is 8.39. The van der Waals surface area contributed by atoms with Crippen molar-refractivity contribution in [3.05, 3.63) is 53.6 Å². The van der Waals surface area contributed by atoms with Gasteiger partial charge in [-0.1, -0.05) is 18.2 Å². The fourth-order valence-electron chi connectivity index (χ4n) is 3.02. The van der Waals surface area contributed by atoms with Crippen LogP contribution in [0, 0.1) is 0 Å². The van der Waals surface area contributed by atoms with Gasteiger partial charge >= 0.3 is 0 Å². The van der Waals surface area contributed by atoms with Crippen molar-refractivity contribution < 1.29 is 14.3 Å². The van der Waals surface area contributed by atoms with E-state index >= 15 is 0 Å². The number of carbonyl (C=O) groups excluding carboxylic acids is 1. The van der Waals surface area contributed by atoms with Gasteiger partial charge in [0, 0.05) is 0 Å². The first-order chi connectivity index (χ1) is 11.7. The molecule has 1 unspecified atom stereocenters. The Kier molecular flexibility index (Phi) is 5.04. The molecule has 24 heavy (non-hydrogen) atoms. The number of methoxy groups -OCH3 is 1. The van der Waals surface area contributed by atoms with Crippen molar-refractivity contribution in [2.24, 2.45) is 0 Å². The highest BCUT2D eigenvalue weighted by Crippen LogP contribution is 2.27. The number of hydrogen-bond donors (Lipinski definition) is 1. The number of aryl methyl sites for hydroxylation is 2. The first-order valence-corrected chi connectivity index (χ1v) is 8.39.